The SMILES string of the molecule is CSc1ccccc1N1C(=O)[C@H](CCCCNC(=O)N(C)C)N(CC2CC2)C1=O. The highest BCUT2D eigenvalue weighted by Crippen LogP contribution is 2.37. The molecule has 2 aliphatic rings. The summed E-state index contributed by atoms with van der Waals surface area (Å²) >= 11 is 1.54. The number of para-hydroxylation sites is 1. The lowest BCUT2D eigenvalue weighted by Crippen LogP contribution is -2.37. The molecule has 1 N–H and O–H groups in total. The van der Waals surface area contributed by atoms with Crippen LogP contribution in [0.3, 0.4) is 0 Å². The number of unbranched alkanes of at least 4 members (excludes halogenated alkanes) is 1. The normalized spacial score (nSPS) is 19.1. The van der Waals surface area contributed by atoms with Crippen molar-refractivity contribution in [2.45, 2.75) is 43.0 Å². The Morgan fingerprint density at radius 1 is 1.21 bits per heavy atom. The number of imide groups is 1. The summed E-state index contributed by atoms with van der Waals surface area (Å²) in [6.07, 6.45) is 6.37. The Kier molecular flexibility index (Phi) is 7.05. The van der Waals surface area contributed by atoms with E-state index in [1.54, 1.807) is 19.0 Å². The second-order valence-corrected chi connectivity index (χ2v) is 8.71. The van der Waals surface area contributed by atoms with Crippen LogP contribution in [0.25, 0.3) is 0 Å². The number of nitrogens with one attached hydrogen (secondary N) is 1. The van der Waals surface area contributed by atoms with Gasteiger partial charge in [-0.3, -0.25) is 4.79 Å². The number of urea groups is 2. The van der Waals surface area contributed by atoms with Crippen LogP contribution in [0.2, 0.25) is 0 Å². The summed E-state index contributed by atoms with van der Waals surface area (Å²) in [6, 6.07) is 6.83. The molecule has 2 fully saturated rings. The fraction of sp³-hybridized carbons (Fsp3) is 0.571. The monoisotopic (exact) mass is 418 g/mol. The zero-order valence-electron chi connectivity index (χ0n) is 17.4. The summed E-state index contributed by atoms with van der Waals surface area (Å²) < 4.78 is 0. The number of rotatable bonds is 9. The fourth-order valence-electron chi connectivity index (χ4n) is 3.55. The molecular formula is C21H30N4O3S. The van der Waals surface area contributed by atoms with Gasteiger partial charge in [-0.25, -0.2) is 14.5 Å². The Morgan fingerprint density at radius 2 is 1.93 bits per heavy atom. The molecule has 1 atom stereocenters. The predicted molar refractivity (Wildman–Crippen MR) is 115 cm³/mol. The first-order valence-electron chi connectivity index (χ1n) is 10.2. The minimum absolute atomic E-state index is 0.118. The van der Waals surface area contributed by atoms with E-state index in [4.69, 9.17) is 0 Å². The highest BCUT2D eigenvalue weighted by Gasteiger charge is 2.47. The van der Waals surface area contributed by atoms with Gasteiger partial charge in [0.05, 0.1) is 5.69 Å². The van der Waals surface area contributed by atoms with Gasteiger partial charge in [-0.2, -0.15) is 0 Å². The average molecular weight is 419 g/mol. The molecule has 8 heteroatoms. The van der Waals surface area contributed by atoms with E-state index in [-0.39, 0.29) is 18.0 Å². The summed E-state index contributed by atoms with van der Waals surface area (Å²) in [5, 5.41) is 2.84. The van der Waals surface area contributed by atoms with Gasteiger partial charge >= 0.3 is 12.1 Å². The molecule has 0 unspecified atom stereocenters. The number of hydrogen-bond acceptors (Lipinski definition) is 4. The smallest absolute Gasteiger partial charge is 0.332 e. The molecule has 0 radical (unpaired) electrons. The highest BCUT2D eigenvalue weighted by atomic mass is 32.2. The van der Waals surface area contributed by atoms with Crippen molar-refractivity contribution in [3.05, 3.63) is 24.3 Å². The first-order valence-corrected chi connectivity index (χ1v) is 11.4. The minimum atomic E-state index is -0.414. The predicted octanol–water partition coefficient (Wildman–Crippen LogP) is 3.40. The first kappa shape index (κ1) is 21.5. The van der Waals surface area contributed by atoms with Crippen molar-refractivity contribution in [3.63, 3.8) is 0 Å². The van der Waals surface area contributed by atoms with Gasteiger partial charge in [-0.05, 0) is 56.4 Å². The number of hydrogen-bond donors (Lipinski definition) is 1. The lowest BCUT2D eigenvalue weighted by Gasteiger charge is -2.22. The van der Waals surface area contributed by atoms with Crippen LogP contribution in [0.4, 0.5) is 15.3 Å². The summed E-state index contributed by atoms with van der Waals surface area (Å²) in [4.78, 5) is 43.6. The molecule has 29 heavy (non-hydrogen) atoms. The molecule has 1 saturated heterocycles. The molecule has 1 saturated carbocycles. The van der Waals surface area contributed by atoms with Crippen LogP contribution in [-0.2, 0) is 4.79 Å². The fourth-order valence-corrected chi connectivity index (χ4v) is 4.14. The van der Waals surface area contributed by atoms with Gasteiger partial charge in [0.15, 0.2) is 0 Å². The van der Waals surface area contributed by atoms with Gasteiger partial charge in [0.25, 0.3) is 5.91 Å². The maximum Gasteiger partial charge on any atom is 0.332 e. The lowest BCUT2D eigenvalue weighted by atomic mass is 10.1. The number of anilines is 1. The Hall–Kier alpha value is -2.22. The molecule has 1 aliphatic heterocycles. The maximum absolute atomic E-state index is 13.2. The Morgan fingerprint density at radius 3 is 2.59 bits per heavy atom. The standard InChI is InChI=1S/C21H30N4O3S/c1-23(2)20(27)22-13-7-6-9-17-19(26)25(16-8-4-5-10-18(16)29-3)21(28)24(17)14-15-11-12-15/h4-5,8,10,15,17H,6-7,9,11-14H2,1-3H3,(H,22,27)/t17-/m0/s1. The van der Waals surface area contributed by atoms with Crippen LogP contribution < -0.4 is 10.2 Å². The second kappa shape index (κ2) is 9.52. The van der Waals surface area contributed by atoms with E-state index in [1.807, 2.05) is 30.5 Å². The highest BCUT2D eigenvalue weighted by molar-refractivity contribution is 7.98. The molecule has 1 heterocycles. The minimum Gasteiger partial charge on any atom is -0.338 e. The first-order chi connectivity index (χ1) is 13.9. The third-order valence-corrected chi connectivity index (χ3v) is 6.17. The van der Waals surface area contributed by atoms with Gasteiger partial charge in [0.1, 0.15) is 6.04 Å². The van der Waals surface area contributed by atoms with Crippen LogP contribution in [0.1, 0.15) is 32.1 Å². The van der Waals surface area contributed by atoms with Crippen molar-refractivity contribution in [2.24, 2.45) is 5.92 Å². The number of carbonyl (C=O) groups is 3. The van der Waals surface area contributed by atoms with Crippen molar-refractivity contribution in [1.29, 1.82) is 0 Å². The Bertz CT molecular complexity index is 766. The number of nitrogens with zero attached hydrogens (tertiary/aromatic N) is 3. The van der Waals surface area contributed by atoms with Gasteiger partial charge in [0.2, 0.25) is 0 Å². The summed E-state index contributed by atoms with van der Waals surface area (Å²) in [5.41, 5.74) is 0.677. The Balaban J connectivity index is 1.67. The topological polar surface area (TPSA) is 73.0 Å². The summed E-state index contributed by atoms with van der Waals surface area (Å²) in [5.74, 6) is 0.388. The molecular weight excluding hydrogens is 388 g/mol. The molecule has 3 rings (SSSR count). The molecule has 1 aliphatic carbocycles. The summed E-state index contributed by atoms with van der Waals surface area (Å²) in [6.45, 7) is 1.22. The van der Waals surface area contributed by atoms with E-state index in [2.05, 4.69) is 5.32 Å². The van der Waals surface area contributed by atoms with E-state index in [0.29, 0.717) is 31.1 Å². The molecule has 7 nitrogen and oxygen atoms in total. The van der Waals surface area contributed by atoms with Gasteiger partial charge in [-0.1, -0.05) is 12.1 Å². The molecule has 0 bridgehead atoms. The lowest BCUT2D eigenvalue weighted by molar-refractivity contribution is -0.120. The van der Waals surface area contributed by atoms with E-state index in [0.717, 1.165) is 30.6 Å². The van der Waals surface area contributed by atoms with Crippen molar-refractivity contribution < 1.29 is 14.4 Å². The van der Waals surface area contributed by atoms with Crippen LogP contribution in [0.15, 0.2) is 29.2 Å². The number of carbonyl (C=O) groups excluding carboxylic acids is 3. The molecule has 0 aromatic heterocycles. The van der Waals surface area contributed by atoms with E-state index >= 15 is 0 Å². The van der Waals surface area contributed by atoms with E-state index in [1.165, 1.54) is 21.6 Å². The molecule has 5 amide bonds. The summed E-state index contributed by atoms with van der Waals surface area (Å²) in [7, 11) is 3.41. The van der Waals surface area contributed by atoms with Gasteiger partial charge in [-0.15, -0.1) is 11.8 Å². The zero-order valence-corrected chi connectivity index (χ0v) is 18.2. The number of thioether (sulfide) groups is 1. The van der Waals surface area contributed by atoms with Crippen molar-refractivity contribution in [3.8, 4) is 0 Å². The number of benzene rings is 1. The van der Waals surface area contributed by atoms with Crippen LogP contribution in [0, 0.1) is 5.92 Å². The van der Waals surface area contributed by atoms with Crippen molar-refractivity contribution in [1.82, 2.24) is 15.1 Å². The van der Waals surface area contributed by atoms with Crippen LogP contribution in [-0.4, -0.2) is 67.3 Å². The second-order valence-electron chi connectivity index (χ2n) is 7.86. The van der Waals surface area contributed by atoms with E-state index < -0.39 is 6.04 Å². The largest absolute Gasteiger partial charge is 0.338 e. The third-order valence-electron chi connectivity index (χ3n) is 5.38. The molecule has 0 spiro atoms. The third kappa shape index (κ3) is 5.04. The van der Waals surface area contributed by atoms with Crippen LogP contribution >= 0.6 is 11.8 Å². The van der Waals surface area contributed by atoms with Crippen LogP contribution in [0.5, 0.6) is 0 Å². The Labute approximate surface area is 176 Å². The van der Waals surface area contributed by atoms with E-state index in [9.17, 15) is 14.4 Å². The van der Waals surface area contributed by atoms with Crippen molar-refractivity contribution >= 4 is 35.4 Å². The quantitative estimate of drug-likeness (QED) is 0.379. The van der Waals surface area contributed by atoms with Gasteiger partial charge < -0.3 is 15.1 Å². The molecule has 1 aromatic carbocycles. The number of amides is 5. The average Bonchev–Trinajstić information content (AvgIpc) is 3.49. The zero-order chi connectivity index (χ0) is 21.0. The molecule has 1 aromatic rings. The van der Waals surface area contributed by atoms with Crippen molar-refractivity contribution in [2.75, 3.05) is 38.3 Å². The van der Waals surface area contributed by atoms with Gasteiger partial charge in [0, 0.05) is 32.1 Å². The molecule has 158 valence electrons. The maximum atomic E-state index is 13.2.